The topological polar surface area (TPSA) is 78.4 Å². The fraction of sp³-hybridized carbons (Fsp3) is 0.364. The highest BCUT2D eigenvalue weighted by Gasteiger charge is 2.14. The van der Waals surface area contributed by atoms with Gasteiger partial charge in [0, 0.05) is 30.8 Å². The zero-order valence-electron chi connectivity index (χ0n) is 16.2. The molecule has 3 N–H and O–H groups in total. The first-order valence-electron chi connectivity index (χ1n) is 9.18. The van der Waals surface area contributed by atoms with E-state index in [1.807, 2.05) is 36.4 Å². The average molecular weight is 368 g/mol. The van der Waals surface area contributed by atoms with Gasteiger partial charge >= 0.3 is 0 Å². The third-order valence-corrected chi connectivity index (χ3v) is 4.30. The number of rotatable bonds is 7. The lowest BCUT2D eigenvalue weighted by Gasteiger charge is -2.19. The molecule has 27 heavy (non-hydrogen) atoms. The van der Waals surface area contributed by atoms with Gasteiger partial charge in [-0.1, -0.05) is 45.0 Å². The number of nitrogens with one attached hydrogen (secondary N) is 2. The molecular formula is C22H28N2O3. The van der Waals surface area contributed by atoms with Crippen LogP contribution >= 0.6 is 0 Å². The van der Waals surface area contributed by atoms with E-state index in [1.54, 1.807) is 12.1 Å². The molecule has 2 aromatic rings. The monoisotopic (exact) mass is 368 g/mol. The van der Waals surface area contributed by atoms with Crippen molar-refractivity contribution in [3.05, 3.63) is 70.8 Å². The van der Waals surface area contributed by atoms with Crippen molar-refractivity contribution in [2.45, 2.75) is 39.2 Å². The summed E-state index contributed by atoms with van der Waals surface area (Å²) in [5.41, 5.74) is 3.35. The molecule has 5 heteroatoms. The Morgan fingerprint density at radius 1 is 0.852 bits per heavy atom. The Balaban J connectivity index is 1.88. The molecule has 2 amide bonds. The third kappa shape index (κ3) is 6.22. The Labute approximate surface area is 160 Å². The SMILES string of the molecule is CC(C)(C)c1ccc(C(=O)NCc2ccc(C(=O)NCCCO)cc2)cc1. The molecule has 144 valence electrons. The number of hydrogen-bond donors (Lipinski definition) is 3. The lowest BCUT2D eigenvalue weighted by Crippen LogP contribution is -2.25. The molecule has 0 aliphatic rings. The van der Waals surface area contributed by atoms with E-state index in [1.165, 1.54) is 5.56 Å². The minimum absolute atomic E-state index is 0.0534. The fourth-order valence-corrected chi connectivity index (χ4v) is 2.56. The lowest BCUT2D eigenvalue weighted by atomic mass is 9.87. The summed E-state index contributed by atoms with van der Waals surface area (Å²) in [5.74, 6) is -0.292. The molecule has 0 saturated carbocycles. The van der Waals surface area contributed by atoms with Gasteiger partial charge in [-0.25, -0.2) is 0 Å². The molecule has 0 aromatic heterocycles. The second-order valence-electron chi connectivity index (χ2n) is 7.54. The quantitative estimate of drug-likeness (QED) is 0.657. The van der Waals surface area contributed by atoms with Crippen LogP contribution in [0.15, 0.2) is 48.5 Å². The maximum Gasteiger partial charge on any atom is 0.251 e. The van der Waals surface area contributed by atoms with Gasteiger partial charge in [-0.2, -0.15) is 0 Å². The highest BCUT2D eigenvalue weighted by atomic mass is 16.3. The van der Waals surface area contributed by atoms with Gasteiger partial charge in [-0.3, -0.25) is 9.59 Å². The van der Waals surface area contributed by atoms with Crippen molar-refractivity contribution in [1.29, 1.82) is 0 Å². The van der Waals surface area contributed by atoms with Crippen molar-refractivity contribution >= 4 is 11.8 Å². The zero-order valence-corrected chi connectivity index (χ0v) is 16.2. The molecule has 2 aromatic carbocycles. The number of aliphatic hydroxyl groups excluding tert-OH is 1. The lowest BCUT2D eigenvalue weighted by molar-refractivity contribution is 0.0941. The Bertz CT molecular complexity index is 760. The van der Waals surface area contributed by atoms with Gasteiger partial charge in [0.1, 0.15) is 0 Å². The molecular weight excluding hydrogens is 340 g/mol. The van der Waals surface area contributed by atoms with Gasteiger partial charge in [-0.05, 0) is 47.2 Å². The van der Waals surface area contributed by atoms with E-state index in [0.717, 1.165) is 5.56 Å². The van der Waals surface area contributed by atoms with Gasteiger partial charge in [-0.15, -0.1) is 0 Å². The summed E-state index contributed by atoms with van der Waals surface area (Å²) in [7, 11) is 0. The molecule has 0 spiro atoms. The predicted octanol–water partition coefficient (Wildman–Crippen LogP) is 3.03. The van der Waals surface area contributed by atoms with Crippen LogP contribution in [-0.2, 0) is 12.0 Å². The average Bonchev–Trinajstić information content (AvgIpc) is 2.66. The molecule has 0 radical (unpaired) electrons. The third-order valence-electron chi connectivity index (χ3n) is 4.30. The summed E-state index contributed by atoms with van der Waals surface area (Å²) in [5, 5.41) is 14.4. The first kappa shape index (κ1) is 20.6. The number of carbonyl (C=O) groups excluding carboxylic acids is 2. The number of amides is 2. The number of aliphatic hydroxyl groups is 1. The van der Waals surface area contributed by atoms with Crippen molar-refractivity contribution in [1.82, 2.24) is 10.6 Å². The molecule has 0 saturated heterocycles. The Kier molecular flexibility index (Phi) is 7.13. The highest BCUT2D eigenvalue weighted by Crippen LogP contribution is 2.22. The summed E-state index contributed by atoms with van der Waals surface area (Å²) < 4.78 is 0. The fourth-order valence-electron chi connectivity index (χ4n) is 2.56. The van der Waals surface area contributed by atoms with E-state index >= 15 is 0 Å². The largest absolute Gasteiger partial charge is 0.396 e. The van der Waals surface area contributed by atoms with Crippen molar-refractivity contribution in [3.8, 4) is 0 Å². The molecule has 0 atom stereocenters. The van der Waals surface area contributed by atoms with E-state index in [2.05, 4.69) is 31.4 Å². The summed E-state index contributed by atoms with van der Waals surface area (Å²) in [6.45, 7) is 7.31. The van der Waals surface area contributed by atoms with Gasteiger partial charge < -0.3 is 15.7 Å². The smallest absolute Gasteiger partial charge is 0.251 e. The summed E-state index contributed by atoms with van der Waals surface area (Å²) >= 11 is 0. The van der Waals surface area contributed by atoms with E-state index in [-0.39, 0.29) is 23.8 Å². The minimum Gasteiger partial charge on any atom is -0.396 e. The van der Waals surface area contributed by atoms with Crippen LogP contribution in [0, 0.1) is 0 Å². The van der Waals surface area contributed by atoms with Gasteiger partial charge in [0.25, 0.3) is 11.8 Å². The summed E-state index contributed by atoms with van der Waals surface area (Å²) in [6, 6.07) is 14.8. The zero-order chi connectivity index (χ0) is 19.9. The number of benzene rings is 2. The van der Waals surface area contributed by atoms with Crippen LogP contribution in [0.1, 0.15) is 59.0 Å². The van der Waals surface area contributed by atoms with Crippen molar-refractivity contribution in [3.63, 3.8) is 0 Å². The second-order valence-corrected chi connectivity index (χ2v) is 7.54. The standard InChI is InChI=1S/C22H28N2O3/c1-22(2,3)19-11-9-18(10-12-19)21(27)24-15-16-5-7-17(8-6-16)20(26)23-13-4-14-25/h5-12,25H,4,13-15H2,1-3H3,(H,23,26)(H,24,27). The van der Waals surface area contributed by atoms with Gasteiger partial charge in [0.15, 0.2) is 0 Å². The molecule has 2 rings (SSSR count). The number of carbonyl (C=O) groups is 2. The molecule has 0 fully saturated rings. The van der Waals surface area contributed by atoms with Crippen molar-refractivity contribution in [2.24, 2.45) is 0 Å². The molecule has 0 heterocycles. The maximum atomic E-state index is 12.3. The van der Waals surface area contributed by atoms with Crippen LogP contribution < -0.4 is 10.6 Å². The van der Waals surface area contributed by atoms with E-state index < -0.39 is 0 Å². The number of hydrogen-bond acceptors (Lipinski definition) is 3. The highest BCUT2D eigenvalue weighted by molar-refractivity contribution is 5.95. The van der Waals surface area contributed by atoms with Crippen LogP contribution in [-0.4, -0.2) is 30.1 Å². The van der Waals surface area contributed by atoms with Gasteiger partial charge in [0.2, 0.25) is 0 Å². The van der Waals surface area contributed by atoms with E-state index in [9.17, 15) is 9.59 Å². The molecule has 5 nitrogen and oxygen atoms in total. The van der Waals surface area contributed by atoms with E-state index in [0.29, 0.717) is 30.6 Å². The molecule has 0 bridgehead atoms. The van der Waals surface area contributed by atoms with Crippen LogP contribution in [0.3, 0.4) is 0 Å². The van der Waals surface area contributed by atoms with Crippen LogP contribution in [0.25, 0.3) is 0 Å². The van der Waals surface area contributed by atoms with Crippen molar-refractivity contribution in [2.75, 3.05) is 13.2 Å². The molecule has 0 aliphatic heterocycles. The Hall–Kier alpha value is -2.66. The summed E-state index contributed by atoms with van der Waals surface area (Å²) in [6.07, 6.45) is 0.534. The normalized spacial score (nSPS) is 11.1. The van der Waals surface area contributed by atoms with E-state index in [4.69, 9.17) is 5.11 Å². The van der Waals surface area contributed by atoms with Gasteiger partial charge in [0.05, 0.1) is 0 Å². The Morgan fingerprint density at radius 3 is 1.89 bits per heavy atom. The Morgan fingerprint density at radius 2 is 1.37 bits per heavy atom. The maximum absolute atomic E-state index is 12.3. The molecule has 0 aliphatic carbocycles. The van der Waals surface area contributed by atoms with Crippen LogP contribution in [0.5, 0.6) is 0 Å². The molecule has 0 unspecified atom stereocenters. The first-order chi connectivity index (χ1) is 12.8. The first-order valence-corrected chi connectivity index (χ1v) is 9.18. The second kappa shape index (κ2) is 9.33. The van der Waals surface area contributed by atoms with Crippen LogP contribution in [0.4, 0.5) is 0 Å². The summed E-state index contributed by atoms with van der Waals surface area (Å²) in [4.78, 5) is 24.2. The minimum atomic E-state index is -0.169. The van der Waals surface area contributed by atoms with Crippen LogP contribution in [0.2, 0.25) is 0 Å². The predicted molar refractivity (Wildman–Crippen MR) is 107 cm³/mol. The van der Waals surface area contributed by atoms with Crippen molar-refractivity contribution < 1.29 is 14.7 Å².